The number of benzene rings is 1. The van der Waals surface area contributed by atoms with E-state index in [1.54, 1.807) is 24.3 Å². The first kappa shape index (κ1) is 13.7. The topological polar surface area (TPSA) is 87.7 Å². The molecule has 1 aliphatic rings. The van der Waals surface area contributed by atoms with Crippen molar-refractivity contribution in [2.75, 3.05) is 0 Å². The molecule has 1 amide bonds. The van der Waals surface area contributed by atoms with Gasteiger partial charge in [0.2, 0.25) is 0 Å². The van der Waals surface area contributed by atoms with Gasteiger partial charge < -0.3 is 16.3 Å². The Morgan fingerprint density at radius 1 is 1.47 bits per heavy atom. The number of halogens is 1. The number of rotatable bonds is 3. The van der Waals surface area contributed by atoms with Crippen LogP contribution in [0.5, 0.6) is 0 Å². The molecule has 2 unspecified atom stereocenters. The summed E-state index contributed by atoms with van der Waals surface area (Å²) in [5.74, 6) is -0.118. The molecular formula is C13H16ClN3O2. The molecule has 102 valence electrons. The zero-order valence-electron chi connectivity index (χ0n) is 10.3. The standard InChI is InChI=1S/C13H16ClN3O2/c14-9-4-1-3-8(7-9)13(18)16-11-6-2-5-10(11)12(15)17-19/h1,3-4,7,10-11,19H,2,5-6H2,(H2,15,17)(H,16,18). The van der Waals surface area contributed by atoms with Gasteiger partial charge in [0, 0.05) is 22.5 Å². The van der Waals surface area contributed by atoms with E-state index in [0.29, 0.717) is 10.6 Å². The van der Waals surface area contributed by atoms with E-state index in [4.69, 9.17) is 22.5 Å². The quantitative estimate of drug-likeness (QED) is 0.343. The molecule has 5 nitrogen and oxygen atoms in total. The zero-order chi connectivity index (χ0) is 13.8. The highest BCUT2D eigenvalue weighted by molar-refractivity contribution is 6.30. The third-order valence-electron chi connectivity index (χ3n) is 3.41. The summed E-state index contributed by atoms with van der Waals surface area (Å²) in [6.07, 6.45) is 2.59. The largest absolute Gasteiger partial charge is 0.409 e. The van der Waals surface area contributed by atoms with Crippen LogP contribution in [-0.2, 0) is 0 Å². The van der Waals surface area contributed by atoms with Crippen molar-refractivity contribution in [1.29, 1.82) is 0 Å². The number of nitrogens with zero attached hydrogens (tertiary/aromatic N) is 1. The van der Waals surface area contributed by atoms with E-state index in [1.165, 1.54) is 0 Å². The molecule has 0 aromatic heterocycles. The average molecular weight is 282 g/mol. The Hall–Kier alpha value is -1.75. The lowest BCUT2D eigenvalue weighted by atomic mass is 10.0. The maximum atomic E-state index is 12.1. The smallest absolute Gasteiger partial charge is 0.251 e. The molecule has 2 rings (SSSR count). The van der Waals surface area contributed by atoms with Gasteiger partial charge in [-0.1, -0.05) is 29.2 Å². The molecule has 0 spiro atoms. The van der Waals surface area contributed by atoms with Crippen LogP contribution in [0.2, 0.25) is 5.02 Å². The van der Waals surface area contributed by atoms with E-state index < -0.39 is 0 Å². The number of oxime groups is 1. The van der Waals surface area contributed by atoms with Crippen LogP contribution in [0.3, 0.4) is 0 Å². The Morgan fingerprint density at radius 2 is 2.26 bits per heavy atom. The van der Waals surface area contributed by atoms with E-state index in [1.807, 2.05) is 0 Å². The number of nitrogens with two attached hydrogens (primary N) is 1. The third kappa shape index (κ3) is 3.17. The van der Waals surface area contributed by atoms with Crippen LogP contribution in [0, 0.1) is 5.92 Å². The van der Waals surface area contributed by atoms with Crippen molar-refractivity contribution in [2.24, 2.45) is 16.8 Å². The second kappa shape index (κ2) is 5.93. The minimum Gasteiger partial charge on any atom is -0.409 e. The van der Waals surface area contributed by atoms with Crippen LogP contribution >= 0.6 is 11.6 Å². The Balaban J connectivity index is 2.06. The molecule has 0 aliphatic heterocycles. The number of hydrogen-bond donors (Lipinski definition) is 3. The summed E-state index contributed by atoms with van der Waals surface area (Å²) in [7, 11) is 0. The fraction of sp³-hybridized carbons (Fsp3) is 0.385. The highest BCUT2D eigenvalue weighted by atomic mass is 35.5. The van der Waals surface area contributed by atoms with Crippen molar-refractivity contribution in [3.8, 4) is 0 Å². The summed E-state index contributed by atoms with van der Waals surface area (Å²) in [4.78, 5) is 12.1. The second-order valence-electron chi connectivity index (χ2n) is 4.65. The number of amides is 1. The average Bonchev–Trinajstić information content (AvgIpc) is 2.86. The molecule has 0 heterocycles. The van der Waals surface area contributed by atoms with Gasteiger partial charge in [0.1, 0.15) is 5.84 Å². The van der Waals surface area contributed by atoms with Gasteiger partial charge in [-0.2, -0.15) is 0 Å². The van der Waals surface area contributed by atoms with Crippen LogP contribution in [0.25, 0.3) is 0 Å². The monoisotopic (exact) mass is 281 g/mol. The van der Waals surface area contributed by atoms with Crippen molar-refractivity contribution in [3.05, 3.63) is 34.9 Å². The highest BCUT2D eigenvalue weighted by Crippen LogP contribution is 2.26. The Morgan fingerprint density at radius 3 is 2.95 bits per heavy atom. The summed E-state index contributed by atoms with van der Waals surface area (Å²) < 4.78 is 0. The first-order chi connectivity index (χ1) is 9.11. The lowest BCUT2D eigenvalue weighted by Crippen LogP contribution is -2.42. The van der Waals surface area contributed by atoms with Crippen molar-refractivity contribution < 1.29 is 10.0 Å². The number of hydrogen-bond acceptors (Lipinski definition) is 3. The molecular weight excluding hydrogens is 266 g/mol. The van der Waals surface area contributed by atoms with Gasteiger partial charge in [-0.25, -0.2) is 0 Å². The van der Waals surface area contributed by atoms with Gasteiger partial charge in [-0.05, 0) is 31.0 Å². The Kier molecular flexibility index (Phi) is 4.27. The van der Waals surface area contributed by atoms with E-state index in [0.717, 1.165) is 19.3 Å². The molecule has 6 heteroatoms. The van der Waals surface area contributed by atoms with Crippen LogP contribution < -0.4 is 11.1 Å². The Bertz CT molecular complexity index is 504. The van der Waals surface area contributed by atoms with Gasteiger partial charge in [0.25, 0.3) is 5.91 Å². The van der Waals surface area contributed by atoms with Crippen LogP contribution in [-0.4, -0.2) is 23.0 Å². The fourth-order valence-corrected chi connectivity index (χ4v) is 2.63. The first-order valence-corrected chi connectivity index (χ1v) is 6.53. The molecule has 0 saturated heterocycles. The minimum absolute atomic E-state index is 0.0950. The van der Waals surface area contributed by atoms with E-state index in [-0.39, 0.29) is 23.7 Å². The normalized spacial score (nSPS) is 23.3. The van der Waals surface area contributed by atoms with Crippen molar-refractivity contribution >= 4 is 23.3 Å². The SMILES string of the molecule is NC(=NO)C1CCCC1NC(=O)c1cccc(Cl)c1. The molecule has 0 radical (unpaired) electrons. The maximum Gasteiger partial charge on any atom is 0.251 e. The number of carbonyl (C=O) groups is 1. The minimum atomic E-state index is -0.190. The van der Waals surface area contributed by atoms with Gasteiger partial charge >= 0.3 is 0 Å². The van der Waals surface area contributed by atoms with Gasteiger partial charge in [0.15, 0.2) is 0 Å². The van der Waals surface area contributed by atoms with Gasteiger partial charge in [0.05, 0.1) is 0 Å². The molecule has 1 aromatic carbocycles. The molecule has 2 atom stereocenters. The zero-order valence-corrected chi connectivity index (χ0v) is 11.1. The van der Waals surface area contributed by atoms with Gasteiger partial charge in [-0.15, -0.1) is 0 Å². The molecule has 19 heavy (non-hydrogen) atoms. The Labute approximate surface area is 116 Å². The highest BCUT2D eigenvalue weighted by Gasteiger charge is 2.31. The number of carbonyl (C=O) groups excluding carboxylic acids is 1. The van der Waals surface area contributed by atoms with Crippen molar-refractivity contribution in [2.45, 2.75) is 25.3 Å². The summed E-state index contributed by atoms with van der Waals surface area (Å²) >= 11 is 5.85. The van der Waals surface area contributed by atoms with E-state index in [9.17, 15) is 4.79 Å². The van der Waals surface area contributed by atoms with Crippen molar-refractivity contribution in [1.82, 2.24) is 5.32 Å². The van der Waals surface area contributed by atoms with Crippen LogP contribution in [0.1, 0.15) is 29.6 Å². The van der Waals surface area contributed by atoms with E-state index in [2.05, 4.69) is 10.5 Å². The molecule has 1 aliphatic carbocycles. The second-order valence-corrected chi connectivity index (χ2v) is 5.09. The fourth-order valence-electron chi connectivity index (χ4n) is 2.44. The van der Waals surface area contributed by atoms with Gasteiger partial charge in [-0.3, -0.25) is 4.79 Å². The predicted molar refractivity (Wildman–Crippen MR) is 73.5 cm³/mol. The maximum absolute atomic E-state index is 12.1. The summed E-state index contributed by atoms with van der Waals surface area (Å²) in [5, 5.41) is 15.2. The summed E-state index contributed by atoms with van der Waals surface area (Å²) in [6, 6.07) is 6.67. The molecule has 1 fully saturated rings. The lowest BCUT2D eigenvalue weighted by molar-refractivity contribution is 0.0933. The number of amidine groups is 1. The first-order valence-electron chi connectivity index (χ1n) is 6.15. The molecule has 0 bridgehead atoms. The molecule has 1 aromatic rings. The summed E-state index contributed by atoms with van der Waals surface area (Å²) in [5.41, 5.74) is 6.15. The lowest BCUT2D eigenvalue weighted by Gasteiger charge is -2.19. The number of nitrogens with one attached hydrogen (secondary N) is 1. The molecule has 4 N–H and O–H groups in total. The summed E-state index contributed by atoms with van der Waals surface area (Å²) in [6.45, 7) is 0. The molecule has 1 saturated carbocycles. The van der Waals surface area contributed by atoms with Crippen molar-refractivity contribution in [3.63, 3.8) is 0 Å². The van der Waals surface area contributed by atoms with Crippen LogP contribution in [0.4, 0.5) is 0 Å². The predicted octanol–water partition coefficient (Wildman–Crippen LogP) is 1.98. The van der Waals surface area contributed by atoms with Crippen LogP contribution in [0.15, 0.2) is 29.4 Å². The van der Waals surface area contributed by atoms with E-state index >= 15 is 0 Å². The third-order valence-corrected chi connectivity index (χ3v) is 3.65.